The number of Topliss-reactive ketones (excluding diaryl/α,β-unsaturated/α-hetero) is 1. The maximum Gasteiger partial charge on any atom is 0.300 e. The zero-order chi connectivity index (χ0) is 26.3. The number of ketones is 1. The van der Waals surface area contributed by atoms with Gasteiger partial charge < -0.3 is 19.5 Å². The zero-order valence-corrected chi connectivity index (χ0v) is 21.6. The van der Waals surface area contributed by atoms with Gasteiger partial charge in [-0.1, -0.05) is 23.7 Å². The SMILES string of the molecule is COc1ccc(N2C(=O)C(=O)/C(=C(\O)c3ccc4c(c3)CCCO4)C2c2ccc(N(C)C)cc2)cc1Cl. The van der Waals surface area contributed by atoms with Gasteiger partial charge in [0.25, 0.3) is 11.7 Å². The van der Waals surface area contributed by atoms with E-state index < -0.39 is 17.7 Å². The quantitative estimate of drug-likeness (QED) is 0.278. The van der Waals surface area contributed by atoms with E-state index in [1.807, 2.05) is 49.3 Å². The molecule has 2 heterocycles. The van der Waals surface area contributed by atoms with Crippen molar-refractivity contribution in [3.8, 4) is 11.5 Å². The molecule has 1 N–H and O–H groups in total. The molecule has 37 heavy (non-hydrogen) atoms. The highest BCUT2D eigenvalue weighted by atomic mass is 35.5. The molecule has 3 aromatic rings. The fraction of sp³-hybridized carbons (Fsp3) is 0.241. The Kier molecular flexibility index (Phi) is 6.56. The van der Waals surface area contributed by atoms with Crippen molar-refractivity contribution in [2.45, 2.75) is 18.9 Å². The topological polar surface area (TPSA) is 79.3 Å². The average Bonchev–Trinajstić information content (AvgIpc) is 3.18. The third-order valence-electron chi connectivity index (χ3n) is 6.77. The van der Waals surface area contributed by atoms with E-state index in [1.165, 1.54) is 12.0 Å². The molecule has 0 aromatic heterocycles. The van der Waals surface area contributed by atoms with Gasteiger partial charge >= 0.3 is 0 Å². The molecular weight excluding hydrogens is 492 g/mol. The van der Waals surface area contributed by atoms with Gasteiger partial charge in [-0.05, 0) is 72.5 Å². The van der Waals surface area contributed by atoms with Crippen LogP contribution in [0.5, 0.6) is 11.5 Å². The average molecular weight is 519 g/mol. The number of ether oxygens (including phenoxy) is 2. The van der Waals surface area contributed by atoms with Crippen LogP contribution in [0.1, 0.15) is 29.2 Å². The van der Waals surface area contributed by atoms with Gasteiger partial charge in [0.15, 0.2) is 0 Å². The normalized spacial score (nSPS) is 18.4. The van der Waals surface area contributed by atoms with E-state index in [0.717, 1.165) is 29.8 Å². The maximum absolute atomic E-state index is 13.5. The van der Waals surface area contributed by atoms with Crippen LogP contribution in [0.15, 0.2) is 66.2 Å². The molecule has 2 aliphatic rings. The molecule has 1 amide bonds. The number of methoxy groups -OCH3 is 1. The number of aryl methyl sites for hydroxylation is 1. The maximum atomic E-state index is 13.5. The lowest BCUT2D eigenvalue weighted by Crippen LogP contribution is -2.29. The van der Waals surface area contributed by atoms with Gasteiger partial charge in [0.05, 0.1) is 30.4 Å². The molecule has 0 saturated carbocycles. The third-order valence-corrected chi connectivity index (χ3v) is 7.06. The van der Waals surface area contributed by atoms with Crippen LogP contribution in [0.25, 0.3) is 5.76 Å². The second kappa shape index (κ2) is 9.82. The lowest BCUT2D eigenvalue weighted by Gasteiger charge is -2.26. The van der Waals surface area contributed by atoms with Crippen molar-refractivity contribution < 1.29 is 24.2 Å². The summed E-state index contributed by atoms with van der Waals surface area (Å²) in [5.74, 6) is -0.515. The number of carbonyl (C=O) groups is 2. The van der Waals surface area contributed by atoms with E-state index in [2.05, 4.69) is 0 Å². The molecule has 0 aliphatic carbocycles. The summed E-state index contributed by atoms with van der Waals surface area (Å²) >= 11 is 6.38. The Labute approximate surface area is 220 Å². The smallest absolute Gasteiger partial charge is 0.300 e. The van der Waals surface area contributed by atoms with Crippen molar-refractivity contribution in [2.24, 2.45) is 0 Å². The minimum Gasteiger partial charge on any atom is -0.507 e. The molecule has 190 valence electrons. The van der Waals surface area contributed by atoms with Crippen LogP contribution in [-0.2, 0) is 16.0 Å². The highest BCUT2D eigenvalue weighted by Gasteiger charge is 2.47. The molecule has 0 radical (unpaired) electrons. The molecule has 1 fully saturated rings. The molecule has 2 aliphatic heterocycles. The summed E-state index contributed by atoms with van der Waals surface area (Å²) in [6, 6.07) is 16.9. The predicted octanol–water partition coefficient (Wildman–Crippen LogP) is 5.37. The first-order chi connectivity index (χ1) is 17.8. The third kappa shape index (κ3) is 4.40. The second-order valence-electron chi connectivity index (χ2n) is 9.25. The van der Waals surface area contributed by atoms with E-state index in [9.17, 15) is 14.7 Å². The van der Waals surface area contributed by atoms with E-state index in [0.29, 0.717) is 34.2 Å². The standard InChI is InChI=1S/C29H27ClN2O5/c1-31(2)20-9-6-17(7-10-20)26-25(27(33)19-8-12-23-18(15-19)5-4-14-37-23)28(34)29(35)32(26)21-11-13-24(36-3)22(30)16-21/h6-13,15-16,26,33H,4-5,14H2,1-3H3/b27-25-. The van der Waals surface area contributed by atoms with Gasteiger partial charge in [0.1, 0.15) is 17.3 Å². The van der Waals surface area contributed by atoms with E-state index in [1.54, 1.807) is 30.3 Å². The first-order valence-corrected chi connectivity index (χ1v) is 12.4. The van der Waals surface area contributed by atoms with Crippen LogP contribution < -0.4 is 19.3 Å². The van der Waals surface area contributed by atoms with E-state index >= 15 is 0 Å². The Morgan fingerprint density at radius 1 is 1.08 bits per heavy atom. The van der Waals surface area contributed by atoms with Crippen LogP contribution in [0.2, 0.25) is 5.02 Å². The molecule has 3 aromatic carbocycles. The van der Waals surface area contributed by atoms with Gasteiger partial charge in [0.2, 0.25) is 0 Å². The monoisotopic (exact) mass is 518 g/mol. The van der Waals surface area contributed by atoms with Crippen LogP contribution in [0.4, 0.5) is 11.4 Å². The number of nitrogens with zero attached hydrogens (tertiary/aromatic N) is 2. The number of hydrogen-bond donors (Lipinski definition) is 1. The number of carbonyl (C=O) groups excluding carboxylic acids is 2. The first-order valence-electron chi connectivity index (χ1n) is 12.0. The minimum atomic E-state index is -0.854. The Morgan fingerprint density at radius 2 is 1.84 bits per heavy atom. The molecule has 0 bridgehead atoms. The van der Waals surface area contributed by atoms with Gasteiger partial charge in [-0.15, -0.1) is 0 Å². The lowest BCUT2D eigenvalue weighted by molar-refractivity contribution is -0.132. The second-order valence-corrected chi connectivity index (χ2v) is 9.66. The Hall–Kier alpha value is -3.97. The molecule has 7 nitrogen and oxygen atoms in total. The van der Waals surface area contributed by atoms with E-state index in [-0.39, 0.29) is 11.3 Å². The first kappa shape index (κ1) is 24.7. The number of rotatable bonds is 5. The van der Waals surface area contributed by atoms with Crippen LogP contribution in [0, 0.1) is 0 Å². The summed E-state index contributed by atoms with van der Waals surface area (Å²) in [6.45, 7) is 0.650. The fourth-order valence-electron chi connectivity index (χ4n) is 4.84. The van der Waals surface area contributed by atoms with Gasteiger partial charge in [-0.25, -0.2) is 0 Å². The summed E-state index contributed by atoms with van der Waals surface area (Å²) in [5, 5.41) is 11.8. The van der Waals surface area contributed by atoms with Crippen LogP contribution in [-0.4, -0.2) is 44.6 Å². The van der Waals surface area contributed by atoms with Gasteiger partial charge in [-0.2, -0.15) is 0 Å². The lowest BCUT2D eigenvalue weighted by atomic mass is 9.93. The summed E-state index contributed by atoms with van der Waals surface area (Å²) in [5.41, 5.74) is 3.50. The van der Waals surface area contributed by atoms with Gasteiger partial charge in [-0.3, -0.25) is 14.5 Å². The number of fused-ring (bicyclic) bond motifs is 1. The summed E-state index contributed by atoms with van der Waals surface area (Å²) < 4.78 is 10.9. The predicted molar refractivity (Wildman–Crippen MR) is 144 cm³/mol. The summed E-state index contributed by atoms with van der Waals surface area (Å²) in [7, 11) is 5.36. The van der Waals surface area contributed by atoms with Crippen molar-refractivity contribution in [2.75, 3.05) is 37.6 Å². The number of hydrogen-bond acceptors (Lipinski definition) is 6. The molecule has 5 rings (SSSR count). The van der Waals surface area contributed by atoms with Crippen molar-refractivity contribution in [3.05, 3.63) is 87.9 Å². The number of aliphatic hydroxyl groups excluding tert-OH is 1. The highest BCUT2D eigenvalue weighted by molar-refractivity contribution is 6.51. The molecule has 0 spiro atoms. The van der Waals surface area contributed by atoms with Crippen LogP contribution in [0.3, 0.4) is 0 Å². The number of anilines is 2. The highest BCUT2D eigenvalue weighted by Crippen LogP contribution is 2.44. The zero-order valence-electron chi connectivity index (χ0n) is 20.8. The Morgan fingerprint density at radius 3 is 2.51 bits per heavy atom. The number of benzene rings is 3. The minimum absolute atomic E-state index is 0.0196. The summed E-state index contributed by atoms with van der Waals surface area (Å²) in [4.78, 5) is 30.2. The number of aliphatic hydroxyl groups is 1. The van der Waals surface area contributed by atoms with Crippen LogP contribution >= 0.6 is 11.6 Å². The van der Waals surface area contributed by atoms with Gasteiger partial charge in [0, 0.05) is 31.0 Å². The summed E-state index contributed by atoms with van der Waals surface area (Å²) in [6.07, 6.45) is 1.68. The fourth-order valence-corrected chi connectivity index (χ4v) is 5.09. The molecule has 8 heteroatoms. The largest absolute Gasteiger partial charge is 0.507 e. The molecule has 1 atom stereocenters. The Balaban J connectivity index is 1.68. The Bertz CT molecular complexity index is 1410. The number of amides is 1. The molecular formula is C29H27ClN2O5. The van der Waals surface area contributed by atoms with Crippen molar-refractivity contribution >= 4 is 40.4 Å². The molecule has 1 unspecified atom stereocenters. The van der Waals surface area contributed by atoms with Crippen molar-refractivity contribution in [1.82, 2.24) is 0 Å². The van der Waals surface area contributed by atoms with E-state index in [4.69, 9.17) is 21.1 Å². The van der Waals surface area contributed by atoms with Crippen molar-refractivity contribution in [1.29, 1.82) is 0 Å². The molecule has 1 saturated heterocycles. The van der Waals surface area contributed by atoms with Crippen molar-refractivity contribution in [3.63, 3.8) is 0 Å². The number of halogens is 1.